The lowest BCUT2D eigenvalue weighted by Gasteiger charge is -2.26. The van der Waals surface area contributed by atoms with Crippen molar-refractivity contribution in [2.24, 2.45) is 0 Å². The van der Waals surface area contributed by atoms with Crippen LogP contribution in [0.25, 0.3) is 11.0 Å². The van der Waals surface area contributed by atoms with Crippen LogP contribution in [-0.2, 0) is 0 Å². The Hall–Kier alpha value is -3.12. The summed E-state index contributed by atoms with van der Waals surface area (Å²) in [6.45, 7) is 8.01. The Morgan fingerprint density at radius 2 is 1.71 bits per heavy atom. The van der Waals surface area contributed by atoms with E-state index in [1.165, 1.54) is 19.3 Å². The Labute approximate surface area is 207 Å². The fourth-order valence-electron chi connectivity index (χ4n) is 4.63. The summed E-state index contributed by atoms with van der Waals surface area (Å²) in [4.78, 5) is 31.0. The molecule has 4 rings (SSSR count). The number of rotatable bonds is 10. The number of unbranched alkanes of at least 4 members (excludes halogenated alkanes) is 3. The molecule has 1 aliphatic heterocycles. The van der Waals surface area contributed by atoms with Crippen LogP contribution in [0.5, 0.6) is 5.75 Å². The molecule has 0 N–H and O–H groups in total. The molecule has 35 heavy (non-hydrogen) atoms. The summed E-state index contributed by atoms with van der Waals surface area (Å²) < 4.78 is 12.0. The lowest BCUT2D eigenvalue weighted by atomic mass is 9.97. The van der Waals surface area contributed by atoms with Crippen molar-refractivity contribution < 1.29 is 13.9 Å². The monoisotopic (exact) mass is 476 g/mol. The summed E-state index contributed by atoms with van der Waals surface area (Å²) in [6.07, 6.45) is 4.62. The maximum atomic E-state index is 13.7. The second kappa shape index (κ2) is 10.6. The number of carbonyl (C=O) groups excluding carboxylic acids is 1. The smallest absolute Gasteiger partial charge is 0.290 e. The van der Waals surface area contributed by atoms with Crippen LogP contribution in [0, 0.1) is 13.8 Å². The molecule has 1 aliphatic rings. The Bertz CT molecular complexity index is 1260. The minimum atomic E-state index is -0.488. The number of hydrogen-bond acceptors (Lipinski definition) is 5. The van der Waals surface area contributed by atoms with Crippen LogP contribution in [0.2, 0.25) is 0 Å². The van der Waals surface area contributed by atoms with E-state index in [0.29, 0.717) is 36.2 Å². The summed E-state index contributed by atoms with van der Waals surface area (Å²) in [6, 6.07) is 11.0. The van der Waals surface area contributed by atoms with Crippen LogP contribution in [0.3, 0.4) is 0 Å². The molecule has 0 saturated carbocycles. The van der Waals surface area contributed by atoms with Crippen LogP contribution < -0.4 is 10.2 Å². The van der Waals surface area contributed by atoms with E-state index in [-0.39, 0.29) is 17.1 Å². The summed E-state index contributed by atoms with van der Waals surface area (Å²) in [7, 11) is 3.94. The molecule has 3 aromatic rings. The Balaban J connectivity index is 1.71. The molecule has 186 valence electrons. The highest BCUT2D eigenvalue weighted by Gasteiger charge is 2.42. The van der Waals surface area contributed by atoms with Gasteiger partial charge in [0.1, 0.15) is 11.3 Å². The largest absolute Gasteiger partial charge is 0.494 e. The van der Waals surface area contributed by atoms with Crippen LogP contribution in [0.15, 0.2) is 45.6 Å². The Morgan fingerprint density at radius 1 is 1.00 bits per heavy atom. The molecule has 1 aromatic heterocycles. The zero-order valence-corrected chi connectivity index (χ0v) is 21.5. The first-order valence-electron chi connectivity index (χ1n) is 12.6. The van der Waals surface area contributed by atoms with Gasteiger partial charge >= 0.3 is 0 Å². The maximum Gasteiger partial charge on any atom is 0.290 e. The molecule has 2 heterocycles. The van der Waals surface area contributed by atoms with Crippen molar-refractivity contribution in [1.82, 2.24) is 9.80 Å². The van der Waals surface area contributed by atoms with Gasteiger partial charge in [-0.2, -0.15) is 0 Å². The van der Waals surface area contributed by atoms with Gasteiger partial charge in [0.25, 0.3) is 5.91 Å². The van der Waals surface area contributed by atoms with Gasteiger partial charge in [-0.3, -0.25) is 9.59 Å². The van der Waals surface area contributed by atoms with Crippen molar-refractivity contribution >= 4 is 16.9 Å². The number of ether oxygens (including phenoxy) is 1. The quantitative estimate of drug-likeness (QED) is 0.363. The van der Waals surface area contributed by atoms with Gasteiger partial charge in [-0.05, 0) is 75.3 Å². The molecule has 0 bridgehead atoms. The predicted molar refractivity (Wildman–Crippen MR) is 139 cm³/mol. The van der Waals surface area contributed by atoms with Crippen molar-refractivity contribution in [1.29, 1.82) is 0 Å². The van der Waals surface area contributed by atoms with E-state index < -0.39 is 6.04 Å². The van der Waals surface area contributed by atoms with Gasteiger partial charge in [0.15, 0.2) is 5.43 Å². The lowest BCUT2D eigenvalue weighted by Crippen LogP contribution is -2.35. The molecule has 0 radical (unpaired) electrons. The van der Waals surface area contributed by atoms with E-state index in [4.69, 9.17) is 9.15 Å². The number of hydrogen-bond donors (Lipinski definition) is 0. The number of likely N-dealkylation sites (N-methyl/N-ethyl adjacent to an activating group) is 1. The van der Waals surface area contributed by atoms with Crippen molar-refractivity contribution in [2.45, 2.75) is 52.5 Å². The van der Waals surface area contributed by atoms with Gasteiger partial charge in [0, 0.05) is 13.1 Å². The third-order valence-corrected chi connectivity index (χ3v) is 6.83. The van der Waals surface area contributed by atoms with E-state index in [1.54, 1.807) is 4.90 Å². The molecular formula is C29H36N2O4. The van der Waals surface area contributed by atoms with Gasteiger partial charge < -0.3 is 19.0 Å². The number of fused-ring (bicyclic) bond motifs is 2. The van der Waals surface area contributed by atoms with Crippen LogP contribution in [0.1, 0.15) is 71.5 Å². The highest BCUT2D eigenvalue weighted by atomic mass is 16.5. The SMILES string of the molecule is CCCCCCOc1ccc(C2c3c(oc4cc(C)c(C)cc4c3=O)C(=O)N2CCN(C)C)cc1. The fourth-order valence-corrected chi connectivity index (χ4v) is 4.63. The number of amides is 1. The zero-order valence-electron chi connectivity index (χ0n) is 21.5. The van der Waals surface area contributed by atoms with Crippen molar-refractivity contribution in [3.8, 4) is 5.75 Å². The molecule has 0 aliphatic carbocycles. The summed E-state index contributed by atoms with van der Waals surface area (Å²) >= 11 is 0. The van der Waals surface area contributed by atoms with Crippen molar-refractivity contribution in [3.63, 3.8) is 0 Å². The second-order valence-electron chi connectivity index (χ2n) is 9.79. The molecule has 0 saturated heterocycles. The predicted octanol–water partition coefficient (Wildman–Crippen LogP) is 5.48. The van der Waals surface area contributed by atoms with Gasteiger partial charge in [0.2, 0.25) is 5.76 Å². The average Bonchev–Trinajstić information content (AvgIpc) is 3.11. The molecular weight excluding hydrogens is 440 g/mol. The molecule has 0 spiro atoms. The highest BCUT2D eigenvalue weighted by Crippen LogP contribution is 2.38. The molecule has 1 unspecified atom stereocenters. The first-order valence-corrected chi connectivity index (χ1v) is 12.6. The first kappa shape index (κ1) is 25.0. The van der Waals surface area contributed by atoms with Crippen molar-refractivity contribution in [2.75, 3.05) is 33.8 Å². The van der Waals surface area contributed by atoms with Crippen LogP contribution in [-0.4, -0.2) is 49.5 Å². The first-order chi connectivity index (χ1) is 16.8. The minimum absolute atomic E-state index is 0.133. The van der Waals surface area contributed by atoms with Crippen LogP contribution in [0.4, 0.5) is 0 Å². The van der Waals surface area contributed by atoms with E-state index in [2.05, 4.69) is 6.92 Å². The number of nitrogens with zero attached hydrogens (tertiary/aromatic N) is 2. The third-order valence-electron chi connectivity index (χ3n) is 6.83. The summed E-state index contributed by atoms with van der Waals surface area (Å²) in [5, 5.41) is 0.520. The van der Waals surface area contributed by atoms with Gasteiger partial charge in [-0.25, -0.2) is 0 Å². The van der Waals surface area contributed by atoms with E-state index in [1.807, 2.05) is 69.2 Å². The van der Waals surface area contributed by atoms with E-state index in [9.17, 15) is 9.59 Å². The number of benzene rings is 2. The van der Waals surface area contributed by atoms with Gasteiger partial charge in [-0.1, -0.05) is 38.3 Å². The minimum Gasteiger partial charge on any atom is -0.494 e. The summed E-state index contributed by atoms with van der Waals surface area (Å²) in [5.74, 6) is 0.720. The van der Waals surface area contributed by atoms with E-state index >= 15 is 0 Å². The highest BCUT2D eigenvalue weighted by molar-refractivity contribution is 5.99. The fraction of sp³-hybridized carbons (Fsp3) is 0.448. The zero-order chi connectivity index (χ0) is 25.1. The molecule has 6 heteroatoms. The lowest BCUT2D eigenvalue weighted by molar-refractivity contribution is 0.0716. The second-order valence-corrected chi connectivity index (χ2v) is 9.79. The van der Waals surface area contributed by atoms with Gasteiger partial charge in [-0.15, -0.1) is 0 Å². The third kappa shape index (κ3) is 5.13. The molecule has 1 amide bonds. The van der Waals surface area contributed by atoms with Crippen molar-refractivity contribution in [3.05, 3.63) is 74.6 Å². The molecule has 1 atom stereocenters. The Morgan fingerprint density at radius 3 is 2.40 bits per heavy atom. The standard InChI is InChI=1S/C29H36N2O4/c1-6-7-8-9-16-34-22-12-10-21(11-13-22)26-25-27(32)23-17-19(2)20(3)18-24(23)35-28(25)29(33)31(26)15-14-30(4)5/h10-13,17-18,26H,6-9,14-16H2,1-5H3. The average molecular weight is 477 g/mol. The van der Waals surface area contributed by atoms with Gasteiger partial charge in [0.05, 0.1) is 23.6 Å². The van der Waals surface area contributed by atoms with Crippen LogP contribution >= 0.6 is 0 Å². The topological polar surface area (TPSA) is 63.0 Å². The number of carbonyl (C=O) groups is 1. The molecule has 6 nitrogen and oxygen atoms in total. The molecule has 2 aromatic carbocycles. The normalized spacial score (nSPS) is 15.3. The maximum absolute atomic E-state index is 13.7. The molecule has 0 fully saturated rings. The van der Waals surface area contributed by atoms with E-state index in [0.717, 1.165) is 28.9 Å². The summed E-state index contributed by atoms with van der Waals surface area (Å²) in [5.41, 5.74) is 3.69. The Kier molecular flexibility index (Phi) is 7.60. The number of aryl methyl sites for hydroxylation is 2.